The Morgan fingerprint density at radius 2 is 2.18 bits per heavy atom. The maximum Gasteiger partial charge on any atom is 0.277 e. The number of aryl methyl sites for hydroxylation is 2. The topological polar surface area (TPSA) is 102 Å². The van der Waals surface area contributed by atoms with E-state index in [1.165, 1.54) is 29.2 Å². The molecule has 0 spiro atoms. The van der Waals surface area contributed by atoms with Crippen LogP contribution >= 0.6 is 23.1 Å². The first-order chi connectivity index (χ1) is 10.5. The van der Waals surface area contributed by atoms with Crippen molar-refractivity contribution in [2.24, 2.45) is 0 Å². The highest BCUT2D eigenvalue weighted by atomic mass is 32.2. The third-order valence-electron chi connectivity index (χ3n) is 2.71. The van der Waals surface area contributed by atoms with Gasteiger partial charge in [-0.25, -0.2) is 4.98 Å². The smallest absolute Gasteiger partial charge is 0.277 e. The number of aromatic hydroxyl groups is 1. The van der Waals surface area contributed by atoms with Crippen LogP contribution in [0.25, 0.3) is 10.8 Å². The third kappa shape index (κ3) is 3.04. The summed E-state index contributed by atoms with van der Waals surface area (Å²) in [4.78, 5) is 16.5. The molecule has 0 fully saturated rings. The van der Waals surface area contributed by atoms with Crippen LogP contribution in [-0.4, -0.2) is 20.3 Å². The van der Waals surface area contributed by atoms with Gasteiger partial charge in [0.05, 0.1) is 16.5 Å². The molecule has 0 aromatic carbocycles. The SMILES string of the molecule is Cc1nc(C)c(-c2nnc(SCc3cc(=O)c(O)co3)o2)s1. The Bertz CT molecular complexity index is 868. The van der Waals surface area contributed by atoms with Crippen LogP contribution in [0.5, 0.6) is 5.75 Å². The molecule has 0 aliphatic carbocycles. The predicted molar refractivity (Wildman–Crippen MR) is 81.1 cm³/mol. The predicted octanol–water partition coefficient (Wildman–Crippen LogP) is 2.76. The number of hydrogen-bond donors (Lipinski definition) is 1. The van der Waals surface area contributed by atoms with Gasteiger partial charge in [0.15, 0.2) is 5.75 Å². The molecule has 0 radical (unpaired) electrons. The molecule has 22 heavy (non-hydrogen) atoms. The molecule has 0 saturated carbocycles. The zero-order valence-electron chi connectivity index (χ0n) is 11.7. The quantitative estimate of drug-likeness (QED) is 0.725. The molecule has 0 amide bonds. The van der Waals surface area contributed by atoms with E-state index in [0.29, 0.717) is 22.6 Å². The van der Waals surface area contributed by atoms with Gasteiger partial charge >= 0.3 is 0 Å². The number of thioether (sulfide) groups is 1. The van der Waals surface area contributed by atoms with Gasteiger partial charge in [-0.15, -0.1) is 21.5 Å². The Labute approximate surface area is 133 Å². The summed E-state index contributed by atoms with van der Waals surface area (Å²) in [6, 6.07) is 1.23. The summed E-state index contributed by atoms with van der Waals surface area (Å²) >= 11 is 2.74. The standard InChI is InChI=1S/C13H11N3O4S2/c1-6-11(22-7(2)14-6)12-15-16-13(20-12)21-5-8-3-9(17)10(18)4-19-8/h3-4,18H,5H2,1-2H3. The van der Waals surface area contributed by atoms with Crippen molar-refractivity contribution in [3.8, 4) is 16.5 Å². The molecule has 114 valence electrons. The normalized spacial score (nSPS) is 11.0. The summed E-state index contributed by atoms with van der Waals surface area (Å²) in [7, 11) is 0. The van der Waals surface area contributed by atoms with Crippen LogP contribution < -0.4 is 5.43 Å². The minimum atomic E-state index is -0.483. The lowest BCUT2D eigenvalue weighted by Gasteiger charge is -1.97. The number of thiazole rings is 1. The molecule has 0 bridgehead atoms. The average molecular weight is 337 g/mol. The molecule has 0 saturated heterocycles. The van der Waals surface area contributed by atoms with Crippen LogP contribution in [0.4, 0.5) is 0 Å². The van der Waals surface area contributed by atoms with Crippen LogP contribution in [0.2, 0.25) is 0 Å². The minimum Gasteiger partial charge on any atom is -0.502 e. The zero-order valence-corrected chi connectivity index (χ0v) is 13.3. The van der Waals surface area contributed by atoms with Crippen LogP contribution in [0, 0.1) is 13.8 Å². The van der Waals surface area contributed by atoms with Crippen LogP contribution in [0.1, 0.15) is 16.5 Å². The van der Waals surface area contributed by atoms with Gasteiger partial charge in [0.25, 0.3) is 11.1 Å². The van der Waals surface area contributed by atoms with Crippen molar-refractivity contribution in [2.75, 3.05) is 0 Å². The molecule has 7 nitrogen and oxygen atoms in total. The largest absolute Gasteiger partial charge is 0.502 e. The molecule has 3 aromatic rings. The zero-order chi connectivity index (χ0) is 15.7. The first-order valence-electron chi connectivity index (χ1n) is 6.24. The monoisotopic (exact) mass is 337 g/mol. The van der Waals surface area contributed by atoms with Gasteiger partial charge in [-0.05, 0) is 13.8 Å². The number of aromatic nitrogens is 3. The fourth-order valence-electron chi connectivity index (χ4n) is 1.74. The van der Waals surface area contributed by atoms with Crippen molar-refractivity contribution in [2.45, 2.75) is 24.8 Å². The summed E-state index contributed by atoms with van der Waals surface area (Å²) in [5.41, 5.74) is 0.371. The number of hydrogen-bond acceptors (Lipinski definition) is 9. The summed E-state index contributed by atoms with van der Waals surface area (Å²) in [5, 5.41) is 18.4. The first kappa shape index (κ1) is 14.8. The van der Waals surface area contributed by atoms with Gasteiger partial charge in [0.1, 0.15) is 16.9 Å². The van der Waals surface area contributed by atoms with E-state index in [0.717, 1.165) is 21.8 Å². The fraction of sp³-hybridized carbons (Fsp3) is 0.231. The van der Waals surface area contributed by atoms with Gasteiger partial charge in [-0.3, -0.25) is 4.79 Å². The van der Waals surface area contributed by atoms with E-state index >= 15 is 0 Å². The van der Waals surface area contributed by atoms with E-state index in [9.17, 15) is 4.79 Å². The molecular weight excluding hydrogens is 326 g/mol. The highest BCUT2D eigenvalue weighted by Crippen LogP contribution is 2.31. The first-order valence-corrected chi connectivity index (χ1v) is 8.04. The molecule has 0 unspecified atom stereocenters. The third-order valence-corrected chi connectivity index (χ3v) is 4.61. The Balaban J connectivity index is 1.73. The minimum absolute atomic E-state index is 0.345. The van der Waals surface area contributed by atoms with Gasteiger partial charge in [0, 0.05) is 6.07 Å². The van der Waals surface area contributed by atoms with E-state index in [-0.39, 0.29) is 0 Å². The van der Waals surface area contributed by atoms with Crippen LogP contribution in [-0.2, 0) is 5.75 Å². The molecule has 0 atom stereocenters. The number of nitrogens with zero attached hydrogens (tertiary/aromatic N) is 3. The average Bonchev–Trinajstić information content (AvgIpc) is 3.06. The van der Waals surface area contributed by atoms with E-state index < -0.39 is 11.2 Å². The van der Waals surface area contributed by atoms with Crippen molar-refractivity contribution in [3.63, 3.8) is 0 Å². The van der Waals surface area contributed by atoms with Gasteiger partial charge < -0.3 is 13.9 Å². The van der Waals surface area contributed by atoms with E-state index in [1.807, 2.05) is 13.8 Å². The lowest BCUT2D eigenvalue weighted by Crippen LogP contribution is -1.98. The molecule has 0 aliphatic rings. The van der Waals surface area contributed by atoms with Crippen LogP contribution in [0.15, 0.2) is 31.2 Å². The fourth-order valence-corrected chi connectivity index (χ4v) is 3.24. The van der Waals surface area contributed by atoms with E-state index in [4.69, 9.17) is 13.9 Å². The highest BCUT2D eigenvalue weighted by Gasteiger charge is 2.15. The van der Waals surface area contributed by atoms with E-state index in [2.05, 4.69) is 15.2 Å². The molecular formula is C13H11N3O4S2. The second kappa shape index (κ2) is 5.93. The van der Waals surface area contributed by atoms with Crippen molar-refractivity contribution in [1.82, 2.24) is 15.2 Å². The summed E-state index contributed by atoms with van der Waals surface area (Å²) in [6.45, 7) is 3.81. The van der Waals surface area contributed by atoms with Crippen molar-refractivity contribution >= 4 is 23.1 Å². The number of rotatable bonds is 4. The van der Waals surface area contributed by atoms with E-state index in [1.54, 1.807) is 0 Å². The highest BCUT2D eigenvalue weighted by molar-refractivity contribution is 7.98. The van der Waals surface area contributed by atoms with Crippen molar-refractivity contribution in [3.05, 3.63) is 39.0 Å². The van der Waals surface area contributed by atoms with Crippen molar-refractivity contribution in [1.29, 1.82) is 0 Å². The Morgan fingerprint density at radius 1 is 1.36 bits per heavy atom. The second-order valence-corrected chi connectivity index (χ2v) is 6.53. The summed E-state index contributed by atoms with van der Waals surface area (Å²) in [6.07, 6.45) is 1.01. The van der Waals surface area contributed by atoms with Gasteiger partial charge in [-0.2, -0.15) is 0 Å². The lowest BCUT2D eigenvalue weighted by atomic mass is 10.4. The molecule has 1 N–H and O–H groups in total. The van der Waals surface area contributed by atoms with Gasteiger partial charge in [0.2, 0.25) is 5.43 Å². The Hall–Kier alpha value is -2.13. The summed E-state index contributed by atoms with van der Waals surface area (Å²) in [5.74, 6) is 0.776. The second-order valence-electron chi connectivity index (χ2n) is 4.41. The van der Waals surface area contributed by atoms with Crippen LogP contribution in [0.3, 0.4) is 0 Å². The molecule has 3 heterocycles. The summed E-state index contributed by atoms with van der Waals surface area (Å²) < 4.78 is 10.7. The van der Waals surface area contributed by atoms with Crippen molar-refractivity contribution < 1.29 is 13.9 Å². The van der Waals surface area contributed by atoms with Gasteiger partial charge in [-0.1, -0.05) is 11.8 Å². The molecule has 9 heteroatoms. The lowest BCUT2D eigenvalue weighted by molar-refractivity contribution is 0.418. The maximum atomic E-state index is 11.3. The Morgan fingerprint density at radius 3 is 2.86 bits per heavy atom. The molecule has 0 aliphatic heterocycles. The maximum absolute atomic E-state index is 11.3. The molecule has 3 rings (SSSR count). The Kier molecular flexibility index (Phi) is 3.99. The molecule has 3 aromatic heterocycles.